The Kier molecular flexibility index (Phi) is 3.65. The molecule has 0 fully saturated rings. The van der Waals surface area contributed by atoms with Crippen molar-refractivity contribution in [3.05, 3.63) is 24.1 Å². The van der Waals surface area contributed by atoms with Crippen LogP contribution in [0.1, 0.15) is 20.8 Å². The molecule has 1 aromatic rings. The van der Waals surface area contributed by atoms with Crippen LogP contribution in [0.15, 0.2) is 18.3 Å². The summed E-state index contributed by atoms with van der Waals surface area (Å²) in [6.07, 6.45) is 0.632. The summed E-state index contributed by atoms with van der Waals surface area (Å²) in [5, 5.41) is 0. The first-order valence-corrected chi connectivity index (χ1v) is 4.73. The van der Waals surface area contributed by atoms with Crippen molar-refractivity contribution in [1.29, 1.82) is 0 Å². The molecule has 6 heteroatoms. The third kappa shape index (κ3) is 4.59. The molecule has 1 amide bonds. The zero-order valence-electron chi connectivity index (χ0n) is 9.37. The van der Waals surface area contributed by atoms with Gasteiger partial charge in [0.15, 0.2) is 0 Å². The summed E-state index contributed by atoms with van der Waals surface area (Å²) < 4.78 is 17.7. The van der Waals surface area contributed by atoms with E-state index in [0.717, 1.165) is 6.07 Å². The highest BCUT2D eigenvalue weighted by molar-refractivity contribution is 5.69. The number of carbonyl (C=O) groups excluding carboxylic acids is 1. The summed E-state index contributed by atoms with van der Waals surface area (Å²) >= 11 is 0. The van der Waals surface area contributed by atoms with Gasteiger partial charge in [-0.2, -0.15) is 0 Å². The Bertz CT molecular complexity index is 377. The molecule has 0 aromatic carbocycles. The summed E-state index contributed by atoms with van der Waals surface area (Å²) in [5.74, 6) is -0.241. The van der Waals surface area contributed by atoms with Gasteiger partial charge in [0.1, 0.15) is 17.2 Å². The number of halogens is 1. The molecule has 88 valence electrons. The second kappa shape index (κ2) is 4.78. The van der Waals surface area contributed by atoms with Crippen LogP contribution in [0.2, 0.25) is 0 Å². The molecular formula is C10H14FN3O2. The van der Waals surface area contributed by atoms with E-state index < -0.39 is 17.5 Å². The lowest BCUT2D eigenvalue weighted by Crippen LogP contribution is -2.36. The number of hydrazine groups is 1. The van der Waals surface area contributed by atoms with E-state index in [2.05, 4.69) is 15.8 Å². The normalized spacial score (nSPS) is 10.8. The first-order chi connectivity index (χ1) is 7.37. The van der Waals surface area contributed by atoms with Crippen molar-refractivity contribution >= 4 is 11.9 Å². The fourth-order valence-corrected chi connectivity index (χ4v) is 0.892. The van der Waals surface area contributed by atoms with Crippen molar-refractivity contribution in [3.63, 3.8) is 0 Å². The molecule has 0 spiro atoms. The van der Waals surface area contributed by atoms with Gasteiger partial charge in [-0.25, -0.2) is 19.6 Å². The van der Waals surface area contributed by atoms with E-state index in [1.165, 1.54) is 12.3 Å². The number of nitrogens with one attached hydrogen (secondary N) is 2. The number of amides is 1. The number of aromatic nitrogens is 1. The molecule has 0 radical (unpaired) electrons. The first kappa shape index (κ1) is 12.2. The lowest BCUT2D eigenvalue weighted by molar-refractivity contribution is 0.0541. The third-order valence-corrected chi connectivity index (χ3v) is 1.41. The molecule has 2 N–H and O–H groups in total. The molecule has 0 aliphatic carbocycles. The Hall–Kier alpha value is -1.85. The molecular weight excluding hydrogens is 213 g/mol. The van der Waals surface area contributed by atoms with E-state index in [-0.39, 0.29) is 5.82 Å². The predicted octanol–water partition coefficient (Wildman–Crippen LogP) is 2.07. The zero-order chi connectivity index (χ0) is 12.2. The van der Waals surface area contributed by atoms with Crippen molar-refractivity contribution in [3.8, 4) is 0 Å². The molecule has 0 atom stereocenters. The minimum absolute atomic E-state index is 0.200. The average Bonchev–Trinajstić information content (AvgIpc) is 2.12. The Morgan fingerprint density at radius 2 is 2.19 bits per heavy atom. The maximum atomic E-state index is 12.7. The summed E-state index contributed by atoms with van der Waals surface area (Å²) in [5.41, 5.74) is 4.09. The number of carbonyl (C=O) groups is 1. The maximum Gasteiger partial charge on any atom is 0.426 e. The monoisotopic (exact) mass is 227 g/mol. The minimum atomic E-state index is -0.654. The zero-order valence-corrected chi connectivity index (χ0v) is 9.37. The number of pyridine rings is 1. The van der Waals surface area contributed by atoms with Crippen molar-refractivity contribution in [2.45, 2.75) is 26.4 Å². The van der Waals surface area contributed by atoms with Crippen molar-refractivity contribution < 1.29 is 13.9 Å². The highest BCUT2D eigenvalue weighted by Crippen LogP contribution is 2.07. The van der Waals surface area contributed by atoms with Crippen LogP contribution < -0.4 is 10.9 Å². The van der Waals surface area contributed by atoms with Gasteiger partial charge in [-0.05, 0) is 26.8 Å². The molecule has 0 saturated heterocycles. The number of hydrogen-bond donors (Lipinski definition) is 2. The topological polar surface area (TPSA) is 63.2 Å². The van der Waals surface area contributed by atoms with Crippen LogP contribution in [-0.4, -0.2) is 16.7 Å². The fourth-order valence-electron chi connectivity index (χ4n) is 0.892. The van der Waals surface area contributed by atoms with Gasteiger partial charge in [0.25, 0.3) is 0 Å². The van der Waals surface area contributed by atoms with Crippen LogP contribution in [0, 0.1) is 5.82 Å². The molecule has 0 saturated carbocycles. The number of anilines is 1. The lowest BCUT2D eigenvalue weighted by atomic mass is 10.2. The summed E-state index contributed by atoms with van der Waals surface area (Å²) in [7, 11) is 0. The third-order valence-electron chi connectivity index (χ3n) is 1.41. The molecule has 0 bridgehead atoms. The van der Waals surface area contributed by atoms with Gasteiger partial charge in [-0.15, -0.1) is 0 Å². The Morgan fingerprint density at radius 3 is 2.75 bits per heavy atom. The molecule has 0 aliphatic heterocycles. The summed E-state index contributed by atoms with van der Waals surface area (Å²) in [6, 6.07) is 2.36. The minimum Gasteiger partial charge on any atom is -0.443 e. The van der Waals surface area contributed by atoms with E-state index in [1.807, 2.05) is 0 Å². The van der Waals surface area contributed by atoms with Crippen LogP contribution in [0.4, 0.5) is 15.0 Å². The summed E-state index contributed by atoms with van der Waals surface area (Å²) in [6.45, 7) is 5.23. The van der Waals surface area contributed by atoms with Gasteiger partial charge in [-0.3, -0.25) is 5.43 Å². The second-order valence-electron chi connectivity index (χ2n) is 4.11. The first-order valence-electron chi connectivity index (χ1n) is 4.73. The molecule has 0 aliphatic rings. The standard InChI is InChI=1S/C10H14FN3O2/c1-10(2,3)16-9(15)14-13-8-6-7(11)4-5-12-8/h4-6H,1-3H3,(H,12,13)(H,14,15). The molecule has 1 aromatic heterocycles. The highest BCUT2D eigenvalue weighted by atomic mass is 19.1. The second-order valence-corrected chi connectivity index (χ2v) is 4.11. The number of nitrogens with zero attached hydrogens (tertiary/aromatic N) is 1. The smallest absolute Gasteiger partial charge is 0.426 e. The van der Waals surface area contributed by atoms with Crippen LogP contribution in [0.5, 0.6) is 0 Å². The molecule has 16 heavy (non-hydrogen) atoms. The Morgan fingerprint density at radius 1 is 1.50 bits per heavy atom. The van der Waals surface area contributed by atoms with Gasteiger partial charge in [-0.1, -0.05) is 0 Å². The average molecular weight is 227 g/mol. The van der Waals surface area contributed by atoms with E-state index in [4.69, 9.17) is 4.74 Å². The largest absolute Gasteiger partial charge is 0.443 e. The van der Waals surface area contributed by atoms with Gasteiger partial charge in [0.05, 0.1) is 0 Å². The Labute approximate surface area is 93.0 Å². The highest BCUT2D eigenvalue weighted by Gasteiger charge is 2.15. The van der Waals surface area contributed by atoms with Crippen LogP contribution in [0.3, 0.4) is 0 Å². The van der Waals surface area contributed by atoms with Crippen LogP contribution in [-0.2, 0) is 4.74 Å². The Balaban J connectivity index is 2.43. The van der Waals surface area contributed by atoms with Gasteiger partial charge in [0, 0.05) is 12.3 Å². The van der Waals surface area contributed by atoms with Crippen LogP contribution in [0.25, 0.3) is 0 Å². The van der Waals surface area contributed by atoms with E-state index in [0.29, 0.717) is 0 Å². The van der Waals surface area contributed by atoms with Gasteiger partial charge >= 0.3 is 6.09 Å². The summed E-state index contributed by atoms with van der Waals surface area (Å²) in [4.78, 5) is 15.0. The predicted molar refractivity (Wildman–Crippen MR) is 57.2 cm³/mol. The number of hydrogen-bond acceptors (Lipinski definition) is 4. The van der Waals surface area contributed by atoms with Crippen molar-refractivity contribution in [1.82, 2.24) is 10.4 Å². The van der Waals surface area contributed by atoms with E-state index in [9.17, 15) is 9.18 Å². The molecule has 5 nitrogen and oxygen atoms in total. The molecule has 0 unspecified atom stereocenters. The van der Waals surface area contributed by atoms with Crippen molar-refractivity contribution in [2.75, 3.05) is 5.43 Å². The maximum absolute atomic E-state index is 12.7. The molecule has 1 rings (SSSR count). The molecule has 1 heterocycles. The van der Waals surface area contributed by atoms with E-state index in [1.54, 1.807) is 20.8 Å². The SMILES string of the molecule is CC(C)(C)OC(=O)NNc1cc(F)ccn1. The van der Waals surface area contributed by atoms with Gasteiger partial charge < -0.3 is 4.74 Å². The quantitative estimate of drug-likeness (QED) is 0.759. The van der Waals surface area contributed by atoms with Crippen LogP contribution >= 0.6 is 0 Å². The number of ether oxygens (including phenoxy) is 1. The number of rotatable bonds is 2. The van der Waals surface area contributed by atoms with Gasteiger partial charge in [0.2, 0.25) is 0 Å². The lowest BCUT2D eigenvalue weighted by Gasteiger charge is -2.19. The van der Waals surface area contributed by atoms with Crippen molar-refractivity contribution in [2.24, 2.45) is 0 Å². The fraction of sp³-hybridized carbons (Fsp3) is 0.400. The van der Waals surface area contributed by atoms with E-state index >= 15 is 0 Å².